The zero-order valence-corrected chi connectivity index (χ0v) is 14.1. The highest BCUT2D eigenvalue weighted by Gasteiger charge is 2.16. The van der Waals surface area contributed by atoms with Crippen LogP contribution in [0.5, 0.6) is 0 Å². The number of aromatic nitrogens is 2. The monoisotopic (exact) mass is 338 g/mol. The van der Waals surface area contributed by atoms with Crippen LogP contribution in [0.15, 0.2) is 29.1 Å². The second kappa shape index (κ2) is 7.66. The van der Waals surface area contributed by atoms with E-state index < -0.39 is 0 Å². The summed E-state index contributed by atoms with van der Waals surface area (Å²) in [7, 11) is 1.76. The Morgan fingerprint density at radius 2 is 2.09 bits per heavy atom. The average Bonchev–Trinajstić information content (AvgIpc) is 2.78. The van der Waals surface area contributed by atoms with Crippen LogP contribution < -0.4 is 16.3 Å². The van der Waals surface area contributed by atoms with Gasteiger partial charge in [-0.2, -0.15) is 0 Å². The lowest BCUT2D eigenvalue weighted by Crippen LogP contribution is -2.45. The second-order valence-electron chi connectivity index (χ2n) is 5.84. The van der Waals surface area contributed by atoms with Crippen LogP contribution in [-0.4, -0.2) is 34.2 Å². The first-order chi connectivity index (χ1) is 10.7. The fourth-order valence-corrected chi connectivity index (χ4v) is 3.07. The summed E-state index contributed by atoms with van der Waals surface area (Å²) in [5, 5.41) is 6.32. The Morgan fingerprint density at radius 1 is 1.35 bits per heavy atom. The number of carbonyl (C=O) groups is 1. The molecule has 1 atom stereocenters. The number of nitrogens with one attached hydrogen (secondary N) is 2. The molecule has 0 spiro atoms. The molecule has 1 aromatic carbocycles. The van der Waals surface area contributed by atoms with E-state index in [1.54, 1.807) is 16.2 Å². The van der Waals surface area contributed by atoms with Crippen molar-refractivity contribution in [3.8, 4) is 0 Å². The molecule has 2 aromatic rings. The molecule has 23 heavy (non-hydrogen) atoms. The number of rotatable bonds is 4. The van der Waals surface area contributed by atoms with Gasteiger partial charge in [-0.15, -0.1) is 12.4 Å². The van der Waals surface area contributed by atoms with Crippen molar-refractivity contribution in [1.82, 2.24) is 19.8 Å². The normalized spacial score (nSPS) is 17.7. The number of amides is 1. The van der Waals surface area contributed by atoms with E-state index in [0.29, 0.717) is 13.0 Å². The van der Waals surface area contributed by atoms with Gasteiger partial charge in [0.2, 0.25) is 5.91 Å². The van der Waals surface area contributed by atoms with Gasteiger partial charge in [-0.3, -0.25) is 13.9 Å². The summed E-state index contributed by atoms with van der Waals surface area (Å²) < 4.78 is 3.30. The van der Waals surface area contributed by atoms with E-state index in [1.807, 2.05) is 24.3 Å². The highest BCUT2D eigenvalue weighted by atomic mass is 35.5. The third kappa shape index (κ3) is 3.76. The molecule has 0 radical (unpaired) electrons. The highest BCUT2D eigenvalue weighted by Crippen LogP contribution is 2.11. The number of fused-ring (bicyclic) bond motifs is 1. The van der Waals surface area contributed by atoms with E-state index >= 15 is 0 Å². The maximum Gasteiger partial charge on any atom is 0.328 e. The quantitative estimate of drug-likeness (QED) is 0.874. The number of carbonyl (C=O) groups excluding carboxylic acids is 1. The fraction of sp³-hybridized carbons (Fsp3) is 0.500. The zero-order chi connectivity index (χ0) is 15.5. The Labute approximate surface area is 141 Å². The molecule has 0 saturated carbocycles. The third-order valence-electron chi connectivity index (χ3n) is 4.28. The molecule has 1 aromatic heterocycles. The summed E-state index contributed by atoms with van der Waals surface area (Å²) in [4.78, 5) is 24.4. The van der Waals surface area contributed by atoms with Crippen LogP contribution in [0.2, 0.25) is 0 Å². The first-order valence-electron chi connectivity index (χ1n) is 7.81. The number of hydrogen-bond acceptors (Lipinski definition) is 3. The molecule has 1 aliphatic heterocycles. The predicted octanol–water partition coefficient (Wildman–Crippen LogP) is 1.02. The standard InChI is InChI=1S/C16H22N4O2.ClH/c1-19-13-6-2-3-7-14(13)20(16(19)22)10-8-15(21)18-12-5-4-9-17-11-12;/h2-3,6-7,12,17H,4-5,8-11H2,1H3,(H,18,21);1H. The van der Waals surface area contributed by atoms with Crippen molar-refractivity contribution in [2.75, 3.05) is 13.1 Å². The summed E-state index contributed by atoms with van der Waals surface area (Å²) >= 11 is 0. The maximum atomic E-state index is 12.3. The summed E-state index contributed by atoms with van der Waals surface area (Å²) in [6.07, 6.45) is 2.44. The van der Waals surface area contributed by atoms with Crippen molar-refractivity contribution in [2.24, 2.45) is 7.05 Å². The third-order valence-corrected chi connectivity index (χ3v) is 4.28. The number of halogens is 1. The van der Waals surface area contributed by atoms with Crippen LogP contribution >= 0.6 is 12.4 Å². The van der Waals surface area contributed by atoms with Gasteiger partial charge in [-0.05, 0) is 31.5 Å². The topological polar surface area (TPSA) is 68.1 Å². The van der Waals surface area contributed by atoms with Crippen molar-refractivity contribution in [3.63, 3.8) is 0 Å². The summed E-state index contributed by atoms with van der Waals surface area (Å²) in [5.74, 6) is 0.00790. The number of piperidine rings is 1. The molecule has 7 heteroatoms. The van der Waals surface area contributed by atoms with Gasteiger partial charge in [0.15, 0.2) is 0 Å². The van der Waals surface area contributed by atoms with Gasteiger partial charge >= 0.3 is 5.69 Å². The minimum atomic E-state index is -0.0756. The van der Waals surface area contributed by atoms with Gasteiger partial charge < -0.3 is 10.6 Å². The molecule has 1 saturated heterocycles. The molecule has 1 fully saturated rings. The van der Waals surface area contributed by atoms with Crippen LogP contribution in [0, 0.1) is 0 Å². The Morgan fingerprint density at radius 3 is 2.78 bits per heavy atom. The van der Waals surface area contributed by atoms with E-state index in [4.69, 9.17) is 0 Å². The zero-order valence-electron chi connectivity index (χ0n) is 13.2. The van der Waals surface area contributed by atoms with Crippen molar-refractivity contribution in [2.45, 2.75) is 31.8 Å². The minimum Gasteiger partial charge on any atom is -0.352 e. The van der Waals surface area contributed by atoms with E-state index in [2.05, 4.69) is 10.6 Å². The van der Waals surface area contributed by atoms with Crippen molar-refractivity contribution in [1.29, 1.82) is 0 Å². The molecule has 2 heterocycles. The summed E-state index contributed by atoms with van der Waals surface area (Å²) in [6, 6.07) is 7.87. The SMILES string of the molecule is Cl.Cn1c(=O)n(CCC(=O)NC2CCCNC2)c2ccccc21. The summed E-state index contributed by atoms with van der Waals surface area (Å²) in [6.45, 7) is 2.27. The number of benzene rings is 1. The molecular weight excluding hydrogens is 316 g/mol. The second-order valence-corrected chi connectivity index (χ2v) is 5.84. The first kappa shape index (κ1) is 17.6. The lowest BCUT2D eigenvalue weighted by atomic mass is 10.1. The molecule has 1 amide bonds. The molecule has 2 N–H and O–H groups in total. The van der Waals surface area contributed by atoms with E-state index in [1.165, 1.54) is 0 Å². The van der Waals surface area contributed by atoms with E-state index in [0.717, 1.165) is 37.0 Å². The largest absolute Gasteiger partial charge is 0.352 e. The van der Waals surface area contributed by atoms with Gasteiger partial charge in [-0.1, -0.05) is 12.1 Å². The van der Waals surface area contributed by atoms with Crippen molar-refractivity contribution < 1.29 is 4.79 Å². The molecule has 6 nitrogen and oxygen atoms in total. The smallest absolute Gasteiger partial charge is 0.328 e. The average molecular weight is 339 g/mol. The molecule has 0 bridgehead atoms. The van der Waals surface area contributed by atoms with E-state index in [-0.39, 0.29) is 30.0 Å². The molecule has 126 valence electrons. The predicted molar refractivity (Wildman–Crippen MR) is 93.1 cm³/mol. The maximum absolute atomic E-state index is 12.3. The van der Waals surface area contributed by atoms with Gasteiger partial charge in [0, 0.05) is 32.6 Å². The molecular formula is C16H23ClN4O2. The lowest BCUT2D eigenvalue weighted by molar-refractivity contribution is -0.122. The summed E-state index contributed by atoms with van der Waals surface area (Å²) in [5.41, 5.74) is 1.69. The molecule has 3 rings (SSSR count). The van der Waals surface area contributed by atoms with Gasteiger partial charge in [0.1, 0.15) is 0 Å². The number of imidazole rings is 1. The molecule has 1 unspecified atom stereocenters. The van der Waals surface area contributed by atoms with Gasteiger partial charge in [-0.25, -0.2) is 4.79 Å². The van der Waals surface area contributed by atoms with Gasteiger partial charge in [0.25, 0.3) is 0 Å². The van der Waals surface area contributed by atoms with Crippen molar-refractivity contribution in [3.05, 3.63) is 34.7 Å². The first-order valence-corrected chi connectivity index (χ1v) is 7.81. The Hall–Kier alpha value is -1.79. The minimum absolute atomic E-state index is 0. The van der Waals surface area contributed by atoms with Crippen LogP contribution in [0.25, 0.3) is 11.0 Å². The van der Waals surface area contributed by atoms with Gasteiger partial charge in [0.05, 0.1) is 11.0 Å². The highest BCUT2D eigenvalue weighted by molar-refractivity contribution is 5.85. The van der Waals surface area contributed by atoms with Crippen molar-refractivity contribution >= 4 is 29.3 Å². The van der Waals surface area contributed by atoms with Crippen LogP contribution in [0.4, 0.5) is 0 Å². The number of aryl methyl sites for hydroxylation is 2. The van der Waals surface area contributed by atoms with Crippen LogP contribution in [0.3, 0.4) is 0 Å². The number of para-hydroxylation sites is 2. The van der Waals surface area contributed by atoms with Crippen LogP contribution in [0.1, 0.15) is 19.3 Å². The fourth-order valence-electron chi connectivity index (χ4n) is 3.07. The Kier molecular flexibility index (Phi) is 5.85. The van der Waals surface area contributed by atoms with E-state index in [9.17, 15) is 9.59 Å². The Bertz CT molecular complexity index is 731. The molecule has 0 aliphatic carbocycles. The van der Waals surface area contributed by atoms with Crippen LogP contribution in [-0.2, 0) is 18.4 Å². The molecule has 1 aliphatic rings. The number of hydrogen-bond donors (Lipinski definition) is 2. The number of nitrogens with zero attached hydrogens (tertiary/aromatic N) is 2. The lowest BCUT2D eigenvalue weighted by Gasteiger charge is -2.23. The Balaban J connectivity index is 0.00000192.